The molecule has 0 radical (unpaired) electrons. The highest BCUT2D eigenvalue weighted by Gasteiger charge is 2.20. The van der Waals surface area contributed by atoms with Crippen molar-refractivity contribution in [3.8, 4) is 0 Å². The Morgan fingerprint density at radius 2 is 0.412 bits per heavy atom. The zero-order valence-electron chi connectivity index (χ0n) is 54.6. The molecule has 1 atom stereocenters. The molecular weight excluding hydrogens is 985 g/mol. The van der Waals surface area contributed by atoms with E-state index in [1.165, 1.54) is 327 Å². The average molecular weight is 1130 g/mol. The molecule has 0 rings (SSSR count). The average Bonchev–Trinajstić information content (AvgIpc) is 3.46. The molecule has 0 saturated heterocycles. The van der Waals surface area contributed by atoms with Crippen LogP contribution in [0.1, 0.15) is 425 Å². The SMILES string of the molecule is CCCCCCCCCC/C=C\CCCCCCCCCCCCCCCCCCCC(=O)OCC(COC(=O)CCCCCCCCCCCCCCCCC)OC(=O)CCCCCCCCCCCCCCCCCCCC. The second kappa shape index (κ2) is 69.6. The van der Waals surface area contributed by atoms with Gasteiger partial charge in [-0.05, 0) is 44.9 Å². The van der Waals surface area contributed by atoms with E-state index in [1.807, 2.05) is 0 Å². The predicted molar refractivity (Wildman–Crippen MR) is 349 cm³/mol. The number of carbonyl (C=O) groups is 3. The van der Waals surface area contributed by atoms with Gasteiger partial charge in [-0.1, -0.05) is 373 Å². The van der Waals surface area contributed by atoms with Crippen molar-refractivity contribution in [1.82, 2.24) is 0 Å². The third-order valence-corrected chi connectivity index (χ3v) is 17.0. The third-order valence-electron chi connectivity index (χ3n) is 17.0. The van der Waals surface area contributed by atoms with E-state index < -0.39 is 6.10 Å². The number of hydrogen-bond acceptors (Lipinski definition) is 6. The maximum Gasteiger partial charge on any atom is 0.306 e. The first-order valence-corrected chi connectivity index (χ1v) is 36.7. The molecule has 1 unspecified atom stereocenters. The van der Waals surface area contributed by atoms with Gasteiger partial charge in [-0.15, -0.1) is 0 Å². The van der Waals surface area contributed by atoms with Crippen LogP contribution in [0.4, 0.5) is 0 Å². The number of rotatable bonds is 69. The molecule has 0 aliphatic rings. The Kier molecular flexibility index (Phi) is 68.0. The minimum atomic E-state index is -0.765. The fourth-order valence-electron chi connectivity index (χ4n) is 11.5. The molecule has 0 spiro atoms. The highest BCUT2D eigenvalue weighted by atomic mass is 16.6. The summed E-state index contributed by atoms with van der Waals surface area (Å²) in [6, 6.07) is 0. The summed E-state index contributed by atoms with van der Waals surface area (Å²) in [5.74, 6) is -0.822. The van der Waals surface area contributed by atoms with Gasteiger partial charge in [-0.25, -0.2) is 0 Å². The molecular formula is C74H142O6. The van der Waals surface area contributed by atoms with Gasteiger partial charge < -0.3 is 14.2 Å². The first-order chi connectivity index (χ1) is 39.5. The highest BCUT2D eigenvalue weighted by Crippen LogP contribution is 2.19. The standard InChI is InChI=1S/C74H142O6/c1-4-7-10-13-16-19-22-25-28-30-32-33-34-35-36-37-38-39-40-41-42-44-46-49-52-55-58-61-64-67-73(76)79-70-71(69-78-72(75)66-63-60-57-54-51-48-45-27-24-21-18-15-12-9-6-3)80-74(77)68-65-62-59-56-53-50-47-43-31-29-26-23-20-17-14-11-8-5-2/h30,32,71H,4-29,31,33-70H2,1-3H3/b32-30-. The normalized spacial score (nSPS) is 12.0. The van der Waals surface area contributed by atoms with Crippen LogP contribution in [0.3, 0.4) is 0 Å². The Morgan fingerprint density at radius 1 is 0.237 bits per heavy atom. The van der Waals surface area contributed by atoms with Crippen LogP contribution >= 0.6 is 0 Å². The van der Waals surface area contributed by atoms with Crippen LogP contribution in [0.15, 0.2) is 12.2 Å². The van der Waals surface area contributed by atoms with Crippen LogP contribution in [0.25, 0.3) is 0 Å². The Balaban J connectivity index is 4.17. The maximum atomic E-state index is 12.9. The van der Waals surface area contributed by atoms with Crippen LogP contribution in [-0.4, -0.2) is 37.2 Å². The summed E-state index contributed by atoms with van der Waals surface area (Å²) in [4.78, 5) is 38.5. The first-order valence-electron chi connectivity index (χ1n) is 36.7. The van der Waals surface area contributed by atoms with Crippen LogP contribution in [-0.2, 0) is 28.6 Å². The molecule has 0 aromatic heterocycles. The molecule has 6 heteroatoms. The lowest BCUT2D eigenvalue weighted by molar-refractivity contribution is -0.167. The number of hydrogen-bond donors (Lipinski definition) is 0. The second-order valence-corrected chi connectivity index (χ2v) is 25.2. The zero-order valence-corrected chi connectivity index (χ0v) is 54.6. The highest BCUT2D eigenvalue weighted by molar-refractivity contribution is 5.71. The summed E-state index contributed by atoms with van der Waals surface area (Å²) >= 11 is 0. The molecule has 6 nitrogen and oxygen atoms in total. The van der Waals surface area contributed by atoms with Crippen molar-refractivity contribution in [2.24, 2.45) is 0 Å². The van der Waals surface area contributed by atoms with Crippen LogP contribution in [0, 0.1) is 0 Å². The third kappa shape index (κ3) is 66.9. The molecule has 0 bridgehead atoms. The molecule has 0 aliphatic carbocycles. The van der Waals surface area contributed by atoms with Gasteiger partial charge in [-0.3, -0.25) is 14.4 Å². The maximum absolute atomic E-state index is 12.9. The minimum Gasteiger partial charge on any atom is -0.462 e. The van der Waals surface area contributed by atoms with E-state index in [9.17, 15) is 14.4 Å². The summed E-state index contributed by atoms with van der Waals surface area (Å²) in [5.41, 5.74) is 0. The van der Waals surface area contributed by atoms with Crippen molar-refractivity contribution in [2.75, 3.05) is 13.2 Å². The van der Waals surface area contributed by atoms with E-state index >= 15 is 0 Å². The largest absolute Gasteiger partial charge is 0.462 e. The topological polar surface area (TPSA) is 78.9 Å². The van der Waals surface area contributed by atoms with E-state index in [2.05, 4.69) is 32.9 Å². The quantitative estimate of drug-likeness (QED) is 0.0261. The molecule has 0 amide bonds. The fraction of sp³-hybridized carbons (Fsp3) is 0.932. The van der Waals surface area contributed by atoms with E-state index in [0.717, 1.165) is 57.8 Å². The Labute approximate surface area is 501 Å². The summed E-state index contributed by atoms with van der Waals surface area (Å²) in [7, 11) is 0. The monoisotopic (exact) mass is 1130 g/mol. The van der Waals surface area contributed by atoms with Crippen molar-refractivity contribution < 1.29 is 28.6 Å². The number of esters is 3. The zero-order chi connectivity index (χ0) is 57.8. The first kappa shape index (κ1) is 78.1. The Morgan fingerprint density at radius 3 is 0.625 bits per heavy atom. The molecule has 0 aromatic carbocycles. The van der Waals surface area contributed by atoms with Crippen molar-refractivity contribution in [3.05, 3.63) is 12.2 Å². The van der Waals surface area contributed by atoms with E-state index in [0.29, 0.717) is 19.3 Å². The van der Waals surface area contributed by atoms with E-state index in [-0.39, 0.29) is 31.1 Å². The van der Waals surface area contributed by atoms with E-state index in [1.54, 1.807) is 0 Å². The van der Waals surface area contributed by atoms with Gasteiger partial charge in [0.1, 0.15) is 13.2 Å². The summed E-state index contributed by atoms with van der Waals surface area (Å²) in [6.07, 6.45) is 83.9. The molecule has 474 valence electrons. The molecule has 0 N–H and O–H groups in total. The van der Waals surface area contributed by atoms with Gasteiger partial charge in [0.15, 0.2) is 6.10 Å². The molecule has 0 aliphatic heterocycles. The minimum absolute atomic E-state index is 0.0617. The van der Waals surface area contributed by atoms with E-state index in [4.69, 9.17) is 14.2 Å². The van der Waals surface area contributed by atoms with Gasteiger partial charge >= 0.3 is 17.9 Å². The van der Waals surface area contributed by atoms with Gasteiger partial charge in [-0.2, -0.15) is 0 Å². The molecule has 0 aromatic rings. The Bertz CT molecular complexity index is 1250. The molecule has 0 saturated carbocycles. The fourth-order valence-corrected chi connectivity index (χ4v) is 11.5. The number of carbonyl (C=O) groups excluding carboxylic acids is 3. The van der Waals surface area contributed by atoms with Gasteiger partial charge in [0.05, 0.1) is 0 Å². The number of allylic oxidation sites excluding steroid dienone is 2. The molecule has 80 heavy (non-hydrogen) atoms. The van der Waals surface area contributed by atoms with Gasteiger partial charge in [0, 0.05) is 19.3 Å². The summed E-state index contributed by atoms with van der Waals surface area (Å²) in [6.45, 7) is 6.74. The second-order valence-electron chi connectivity index (χ2n) is 25.2. The predicted octanol–water partition coefficient (Wildman–Crippen LogP) is 25.2. The number of unbranched alkanes of at least 4 members (excludes halogenated alkanes) is 56. The van der Waals surface area contributed by atoms with Crippen molar-refractivity contribution in [2.45, 2.75) is 431 Å². The van der Waals surface area contributed by atoms with Crippen LogP contribution in [0.5, 0.6) is 0 Å². The van der Waals surface area contributed by atoms with Gasteiger partial charge in [0.2, 0.25) is 0 Å². The van der Waals surface area contributed by atoms with Crippen LogP contribution < -0.4 is 0 Å². The lowest BCUT2D eigenvalue weighted by atomic mass is 10.0. The molecule has 0 heterocycles. The van der Waals surface area contributed by atoms with Crippen molar-refractivity contribution in [1.29, 1.82) is 0 Å². The lowest BCUT2D eigenvalue weighted by Gasteiger charge is -2.18. The van der Waals surface area contributed by atoms with Crippen molar-refractivity contribution in [3.63, 3.8) is 0 Å². The van der Waals surface area contributed by atoms with Crippen LogP contribution in [0.2, 0.25) is 0 Å². The number of ether oxygens (including phenoxy) is 3. The van der Waals surface area contributed by atoms with Gasteiger partial charge in [0.25, 0.3) is 0 Å². The smallest absolute Gasteiger partial charge is 0.306 e. The Hall–Kier alpha value is -1.85. The lowest BCUT2D eigenvalue weighted by Crippen LogP contribution is -2.30. The summed E-state index contributed by atoms with van der Waals surface area (Å²) in [5, 5.41) is 0. The molecule has 0 fully saturated rings. The van der Waals surface area contributed by atoms with Crippen molar-refractivity contribution >= 4 is 17.9 Å². The summed E-state index contributed by atoms with van der Waals surface area (Å²) < 4.78 is 17.0.